The van der Waals surface area contributed by atoms with Crippen LogP contribution in [0.5, 0.6) is 0 Å². The van der Waals surface area contributed by atoms with Crippen LogP contribution in [0.2, 0.25) is 0 Å². The predicted octanol–water partition coefficient (Wildman–Crippen LogP) is 4.60. The first-order valence-corrected chi connectivity index (χ1v) is 6.33. The fourth-order valence-corrected chi connectivity index (χ4v) is 2.83. The molecule has 1 aromatic rings. The van der Waals surface area contributed by atoms with Gasteiger partial charge in [-0.1, -0.05) is 56.5 Å². The summed E-state index contributed by atoms with van der Waals surface area (Å²) in [7, 11) is 0. The van der Waals surface area contributed by atoms with Gasteiger partial charge in [-0.05, 0) is 30.7 Å². The van der Waals surface area contributed by atoms with Crippen LogP contribution in [0.3, 0.4) is 0 Å². The summed E-state index contributed by atoms with van der Waals surface area (Å²) >= 11 is 0. The summed E-state index contributed by atoms with van der Waals surface area (Å²) in [5.41, 5.74) is 1.48. The molecule has 0 nitrogen and oxygen atoms in total. The van der Waals surface area contributed by atoms with Gasteiger partial charge in [0.05, 0.1) is 0 Å². The van der Waals surface area contributed by atoms with E-state index >= 15 is 0 Å². The molecular formula is C15H21. The Morgan fingerprint density at radius 3 is 2.33 bits per heavy atom. The van der Waals surface area contributed by atoms with Crippen LogP contribution >= 0.6 is 0 Å². The Hall–Kier alpha value is -0.780. The van der Waals surface area contributed by atoms with Crippen LogP contribution < -0.4 is 0 Å². The minimum atomic E-state index is 0.867. The Kier molecular flexibility index (Phi) is 3.82. The Morgan fingerprint density at radius 1 is 1.07 bits per heavy atom. The maximum atomic E-state index is 2.30. The smallest absolute Gasteiger partial charge is 0.00779 e. The van der Waals surface area contributed by atoms with Gasteiger partial charge in [-0.25, -0.2) is 0 Å². The van der Waals surface area contributed by atoms with Crippen molar-refractivity contribution in [1.29, 1.82) is 0 Å². The van der Waals surface area contributed by atoms with Gasteiger partial charge < -0.3 is 0 Å². The van der Waals surface area contributed by atoms with Crippen LogP contribution in [-0.2, 0) is 0 Å². The highest BCUT2D eigenvalue weighted by molar-refractivity contribution is 5.31. The third-order valence-corrected chi connectivity index (χ3v) is 3.62. The number of hydrogen-bond acceptors (Lipinski definition) is 0. The van der Waals surface area contributed by atoms with Crippen LogP contribution in [0.25, 0.3) is 0 Å². The van der Waals surface area contributed by atoms with Gasteiger partial charge in [0.15, 0.2) is 0 Å². The van der Waals surface area contributed by atoms with Crippen LogP contribution in [0, 0.1) is 11.8 Å². The molecule has 0 aliphatic heterocycles. The zero-order valence-electron chi connectivity index (χ0n) is 9.71. The van der Waals surface area contributed by atoms with E-state index in [0.29, 0.717) is 0 Å². The maximum absolute atomic E-state index is 2.30. The van der Waals surface area contributed by atoms with E-state index in [1.54, 1.807) is 5.92 Å². The number of rotatable bonds is 3. The molecule has 0 N–H and O–H groups in total. The van der Waals surface area contributed by atoms with Gasteiger partial charge in [0.25, 0.3) is 0 Å². The van der Waals surface area contributed by atoms with E-state index < -0.39 is 0 Å². The van der Waals surface area contributed by atoms with Gasteiger partial charge in [0, 0.05) is 5.92 Å². The lowest BCUT2D eigenvalue weighted by atomic mass is 9.76. The molecule has 1 radical (unpaired) electrons. The quantitative estimate of drug-likeness (QED) is 0.670. The third-order valence-electron chi connectivity index (χ3n) is 3.62. The van der Waals surface area contributed by atoms with Crippen molar-refractivity contribution in [3.8, 4) is 0 Å². The minimum Gasteiger partial charge on any atom is -0.0645 e. The molecule has 0 saturated heterocycles. The molecule has 15 heavy (non-hydrogen) atoms. The molecule has 1 aromatic carbocycles. The molecular weight excluding hydrogens is 180 g/mol. The highest BCUT2D eigenvalue weighted by Gasteiger charge is 2.23. The lowest BCUT2D eigenvalue weighted by Crippen LogP contribution is -2.16. The van der Waals surface area contributed by atoms with Crippen LogP contribution in [-0.4, -0.2) is 0 Å². The third kappa shape index (κ3) is 2.62. The molecule has 2 rings (SSSR count). The first-order chi connectivity index (χ1) is 7.42. The van der Waals surface area contributed by atoms with Crippen LogP contribution in [0.15, 0.2) is 30.3 Å². The van der Waals surface area contributed by atoms with Crippen molar-refractivity contribution in [3.63, 3.8) is 0 Å². The fourth-order valence-electron chi connectivity index (χ4n) is 2.83. The Morgan fingerprint density at radius 2 is 1.73 bits per heavy atom. The summed E-state index contributed by atoms with van der Waals surface area (Å²) in [6.07, 6.45) is 8.36. The van der Waals surface area contributed by atoms with Crippen molar-refractivity contribution in [3.05, 3.63) is 41.8 Å². The van der Waals surface area contributed by atoms with Gasteiger partial charge in [-0.3, -0.25) is 0 Å². The highest BCUT2D eigenvalue weighted by Crippen LogP contribution is 2.36. The monoisotopic (exact) mass is 201 g/mol. The average Bonchev–Trinajstić information content (AvgIpc) is 2.33. The molecule has 0 atom stereocenters. The molecule has 0 unspecified atom stereocenters. The van der Waals surface area contributed by atoms with E-state index in [1.165, 1.54) is 44.1 Å². The average molecular weight is 201 g/mol. The minimum absolute atomic E-state index is 0.867. The van der Waals surface area contributed by atoms with Crippen molar-refractivity contribution < 1.29 is 0 Å². The SMILES string of the molecule is CC[C](c1ccccc1)C1CCCCC1. The van der Waals surface area contributed by atoms with E-state index in [1.807, 2.05) is 0 Å². The standard InChI is InChI=1S/C15H21/c1-2-15(13-9-5-3-6-10-13)14-11-7-4-8-12-14/h3,5-6,9-10,14H,2,4,7-8,11-12H2,1H3. The Labute approximate surface area is 93.7 Å². The molecule has 1 aliphatic rings. The second-order valence-corrected chi connectivity index (χ2v) is 4.58. The van der Waals surface area contributed by atoms with Crippen molar-refractivity contribution in [2.45, 2.75) is 45.4 Å². The van der Waals surface area contributed by atoms with Crippen molar-refractivity contribution in [2.24, 2.45) is 5.92 Å². The van der Waals surface area contributed by atoms with Gasteiger partial charge in [-0.15, -0.1) is 0 Å². The number of benzene rings is 1. The molecule has 0 bridgehead atoms. The molecule has 0 aromatic heterocycles. The lowest BCUT2D eigenvalue weighted by Gasteiger charge is -2.29. The van der Waals surface area contributed by atoms with Gasteiger partial charge in [0.2, 0.25) is 0 Å². The fraction of sp³-hybridized carbons (Fsp3) is 0.533. The Balaban J connectivity index is 2.09. The zero-order valence-corrected chi connectivity index (χ0v) is 9.71. The van der Waals surface area contributed by atoms with Gasteiger partial charge in [-0.2, -0.15) is 0 Å². The van der Waals surface area contributed by atoms with E-state index in [4.69, 9.17) is 0 Å². The lowest BCUT2D eigenvalue weighted by molar-refractivity contribution is 0.369. The molecule has 0 heteroatoms. The maximum Gasteiger partial charge on any atom is 0.00779 e. The summed E-state index contributed by atoms with van der Waals surface area (Å²) in [6, 6.07) is 11.0. The molecule has 0 heterocycles. The first kappa shape index (κ1) is 10.7. The van der Waals surface area contributed by atoms with E-state index in [2.05, 4.69) is 37.3 Å². The van der Waals surface area contributed by atoms with Crippen LogP contribution in [0.4, 0.5) is 0 Å². The first-order valence-electron chi connectivity index (χ1n) is 6.33. The predicted molar refractivity (Wildman–Crippen MR) is 65.7 cm³/mol. The van der Waals surface area contributed by atoms with Crippen molar-refractivity contribution in [1.82, 2.24) is 0 Å². The van der Waals surface area contributed by atoms with Gasteiger partial charge in [0.1, 0.15) is 0 Å². The molecule has 0 amide bonds. The van der Waals surface area contributed by atoms with Crippen LogP contribution in [0.1, 0.15) is 51.0 Å². The second-order valence-electron chi connectivity index (χ2n) is 4.58. The Bertz CT molecular complexity index is 269. The molecule has 1 aliphatic carbocycles. The van der Waals surface area contributed by atoms with Crippen molar-refractivity contribution in [2.75, 3.05) is 0 Å². The summed E-state index contributed by atoms with van der Waals surface area (Å²) < 4.78 is 0. The summed E-state index contributed by atoms with van der Waals surface area (Å²) in [6.45, 7) is 2.30. The topological polar surface area (TPSA) is 0 Å². The second kappa shape index (κ2) is 5.34. The molecule has 1 saturated carbocycles. The van der Waals surface area contributed by atoms with E-state index in [9.17, 15) is 0 Å². The largest absolute Gasteiger partial charge is 0.0645 e. The zero-order chi connectivity index (χ0) is 10.5. The normalized spacial score (nSPS) is 18.3. The summed E-state index contributed by atoms with van der Waals surface area (Å²) in [4.78, 5) is 0. The summed E-state index contributed by atoms with van der Waals surface area (Å²) in [5.74, 6) is 2.56. The molecule has 81 valence electrons. The number of hydrogen-bond donors (Lipinski definition) is 0. The highest BCUT2D eigenvalue weighted by atomic mass is 14.3. The van der Waals surface area contributed by atoms with Crippen molar-refractivity contribution >= 4 is 0 Å². The molecule has 1 fully saturated rings. The van der Waals surface area contributed by atoms with E-state index in [0.717, 1.165) is 5.92 Å². The molecule has 0 spiro atoms. The summed E-state index contributed by atoms with van der Waals surface area (Å²) in [5, 5.41) is 0. The van der Waals surface area contributed by atoms with E-state index in [-0.39, 0.29) is 0 Å². The van der Waals surface area contributed by atoms with Gasteiger partial charge >= 0.3 is 0 Å².